The van der Waals surface area contributed by atoms with Crippen LogP contribution in [0.4, 0.5) is 0 Å². The third-order valence-electron chi connectivity index (χ3n) is 3.22. The van der Waals surface area contributed by atoms with Gasteiger partial charge in [0, 0.05) is 32.7 Å². The summed E-state index contributed by atoms with van der Waals surface area (Å²) in [5.41, 5.74) is 2.04. The number of hydrogen-bond acceptors (Lipinski definition) is 3. The van der Waals surface area contributed by atoms with Gasteiger partial charge in [-0.3, -0.25) is 4.79 Å². The van der Waals surface area contributed by atoms with Crippen LogP contribution in [0.15, 0.2) is 60.8 Å². The van der Waals surface area contributed by atoms with Crippen LogP contribution in [0.1, 0.15) is 20.3 Å². The number of nitrogens with zero attached hydrogens (tertiary/aromatic N) is 1. The predicted molar refractivity (Wildman–Crippen MR) is 93.0 cm³/mol. The van der Waals surface area contributed by atoms with Crippen molar-refractivity contribution in [3.05, 3.63) is 66.9 Å². The van der Waals surface area contributed by atoms with Crippen LogP contribution in [0, 0.1) is 6.07 Å². The number of fused-ring (bicyclic) bond motifs is 1. The summed E-state index contributed by atoms with van der Waals surface area (Å²) >= 11 is 0. The average molecular weight is 499 g/mol. The summed E-state index contributed by atoms with van der Waals surface area (Å²) in [4.78, 5) is 14.5. The molecule has 0 aliphatic carbocycles. The van der Waals surface area contributed by atoms with Gasteiger partial charge in [0.2, 0.25) is 0 Å². The summed E-state index contributed by atoms with van der Waals surface area (Å²) in [6.45, 7) is 3.06. The van der Waals surface area contributed by atoms with Crippen LogP contribution in [0.25, 0.3) is 22.0 Å². The molecule has 24 heavy (non-hydrogen) atoms. The van der Waals surface area contributed by atoms with Gasteiger partial charge in [0.1, 0.15) is 5.78 Å². The second-order valence-electron chi connectivity index (χ2n) is 5.41. The molecule has 1 radical (unpaired) electrons. The molecule has 3 rings (SSSR count). The molecule has 4 heteroatoms. The van der Waals surface area contributed by atoms with Crippen LogP contribution in [0.5, 0.6) is 0 Å². The third-order valence-corrected chi connectivity index (χ3v) is 3.22. The van der Waals surface area contributed by atoms with Gasteiger partial charge < -0.3 is 10.1 Å². The van der Waals surface area contributed by atoms with Gasteiger partial charge in [-0.15, -0.1) is 35.9 Å². The Labute approximate surface area is 156 Å². The minimum Gasteiger partial charge on any atom is -0.393 e. The molecular weight excluding hydrogens is 478 g/mol. The molecule has 2 aromatic carbocycles. The largest absolute Gasteiger partial charge is 0.393 e. The second-order valence-corrected chi connectivity index (χ2v) is 5.41. The van der Waals surface area contributed by atoms with Crippen molar-refractivity contribution in [2.45, 2.75) is 26.4 Å². The van der Waals surface area contributed by atoms with Gasteiger partial charge >= 0.3 is 0 Å². The molecule has 127 valence electrons. The molecule has 0 spiro atoms. The first-order valence-corrected chi connectivity index (χ1v) is 7.56. The number of Topliss-reactive ketones (excluding diaryl/α,β-unsaturated/α-hetero) is 1. The molecule has 1 unspecified atom stereocenters. The van der Waals surface area contributed by atoms with Crippen molar-refractivity contribution in [2.75, 3.05) is 0 Å². The Balaban J connectivity index is 0.000000312. The number of aromatic nitrogens is 1. The monoisotopic (exact) mass is 499 g/mol. The van der Waals surface area contributed by atoms with Crippen LogP contribution in [-0.2, 0) is 24.9 Å². The van der Waals surface area contributed by atoms with Gasteiger partial charge in [-0.05, 0) is 36.4 Å². The van der Waals surface area contributed by atoms with Crippen LogP contribution in [0.3, 0.4) is 0 Å². The number of rotatable bonds is 3. The fourth-order valence-corrected chi connectivity index (χ4v) is 2.29. The first-order chi connectivity index (χ1) is 11.1. The number of hydrogen-bond donors (Lipinski definition) is 1. The van der Waals surface area contributed by atoms with Crippen LogP contribution in [0.2, 0.25) is 0 Å². The third kappa shape index (κ3) is 5.97. The summed E-state index contributed by atoms with van der Waals surface area (Å²) in [5.74, 6) is 0.0370. The summed E-state index contributed by atoms with van der Waals surface area (Å²) < 4.78 is 0. The van der Waals surface area contributed by atoms with Crippen molar-refractivity contribution in [1.82, 2.24) is 4.98 Å². The Kier molecular flexibility index (Phi) is 8.48. The van der Waals surface area contributed by atoms with Crippen LogP contribution in [-0.4, -0.2) is 22.0 Å². The van der Waals surface area contributed by atoms with Crippen LogP contribution >= 0.6 is 0 Å². The van der Waals surface area contributed by atoms with E-state index in [9.17, 15) is 4.79 Å². The fraction of sp³-hybridized carbons (Fsp3) is 0.200. The minimum absolute atomic E-state index is 0. The molecule has 1 atom stereocenters. The molecule has 1 aromatic heterocycles. The van der Waals surface area contributed by atoms with Crippen molar-refractivity contribution in [3.63, 3.8) is 0 Å². The van der Waals surface area contributed by atoms with Gasteiger partial charge in [-0.25, -0.2) is 0 Å². The molecule has 1 heterocycles. The maximum atomic E-state index is 10.1. The molecular formula is C20H20IrNO2-. The number of aliphatic hydroxyl groups is 1. The molecule has 0 bridgehead atoms. The van der Waals surface area contributed by atoms with E-state index < -0.39 is 6.10 Å². The molecule has 3 nitrogen and oxygen atoms in total. The zero-order valence-electron chi connectivity index (χ0n) is 13.7. The number of carbonyl (C=O) groups is 1. The summed E-state index contributed by atoms with van der Waals surface area (Å²) in [5, 5.41) is 10.9. The zero-order valence-corrected chi connectivity index (χ0v) is 16.1. The van der Waals surface area contributed by atoms with E-state index in [-0.39, 0.29) is 32.3 Å². The smallest absolute Gasteiger partial charge is 0.132 e. The number of ketones is 1. The summed E-state index contributed by atoms with van der Waals surface area (Å²) in [6.07, 6.45) is 1.65. The predicted octanol–water partition coefficient (Wildman–Crippen LogP) is 4.05. The van der Waals surface area contributed by atoms with E-state index in [0.717, 1.165) is 11.3 Å². The molecule has 0 aliphatic rings. The topological polar surface area (TPSA) is 50.2 Å². The second kappa shape index (κ2) is 10.1. The molecule has 0 saturated heterocycles. The number of carbonyl (C=O) groups excluding carboxylic acids is 1. The summed E-state index contributed by atoms with van der Waals surface area (Å²) in [7, 11) is 0. The van der Waals surface area contributed by atoms with Gasteiger partial charge in [-0.1, -0.05) is 24.3 Å². The first-order valence-electron chi connectivity index (χ1n) is 7.56. The van der Waals surface area contributed by atoms with Crippen molar-refractivity contribution in [2.24, 2.45) is 0 Å². The van der Waals surface area contributed by atoms with Crippen molar-refractivity contribution in [3.8, 4) is 11.3 Å². The molecule has 3 aromatic rings. The van der Waals surface area contributed by atoms with Gasteiger partial charge in [-0.2, -0.15) is 0 Å². The normalized spacial score (nSPS) is 11.0. The Morgan fingerprint density at radius 2 is 1.88 bits per heavy atom. The Morgan fingerprint density at radius 1 is 1.17 bits per heavy atom. The van der Waals surface area contributed by atoms with Gasteiger partial charge in [0.05, 0.1) is 6.10 Å². The van der Waals surface area contributed by atoms with E-state index in [1.165, 1.54) is 17.7 Å². The number of pyridine rings is 1. The fourth-order valence-electron chi connectivity index (χ4n) is 2.29. The Hall–Kier alpha value is -1.87. The number of benzene rings is 2. The van der Waals surface area contributed by atoms with Crippen LogP contribution < -0.4 is 0 Å². The van der Waals surface area contributed by atoms with E-state index in [0.29, 0.717) is 0 Å². The molecule has 0 fully saturated rings. The molecule has 0 saturated carbocycles. The van der Waals surface area contributed by atoms with Gasteiger partial charge in [0.15, 0.2) is 0 Å². The summed E-state index contributed by atoms with van der Waals surface area (Å²) in [6, 6.07) is 21.4. The maximum absolute atomic E-state index is 10.1. The zero-order chi connectivity index (χ0) is 16.7. The van der Waals surface area contributed by atoms with Crippen molar-refractivity contribution < 1.29 is 30.0 Å². The van der Waals surface area contributed by atoms with E-state index in [2.05, 4.69) is 23.2 Å². The number of aliphatic hydroxyl groups excluding tert-OH is 1. The first kappa shape index (κ1) is 20.2. The molecule has 1 N–H and O–H groups in total. The Morgan fingerprint density at radius 3 is 2.46 bits per heavy atom. The van der Waals surface area contributed by atoms with E-state index >= 15 is 0 Å². The van der Waals surface area contributed by atoms with E-state index in [1.807, 2.05) is 48.7 Å². The SMILES string of the molecule is CC(=O)CC(C)O.[Ir].[c-]1ccccc1-c1nccc2ccccc12. The quantitative estimate of drug-likeness (QED) is 0.555. The minimum atomic E-state index is -0.475. The van der Waals surface area contributed by atoms with Gasteiger partial charge in [0.25, 0.3) is 0 Å². The van der Waals surface area contributed by atoms with E-state index in [4.69, 9.17) is 5.11 Å². The molecule has 0 aliphatic heterocycles. The Bertz CT molecular complexity index is 767. The van der Waals surface area contributed by atoms with Crippen molar-refractivity contribution >= 4 is 16.6 Å². The standard InChI is InChI=1S/C15H10N.C5H10O2.Ir/c1-2-7-13(8-3-1)15-14-9-5-4-6-12(14)10-11-16-15;1-4(6)3-5(2)7;/h1-7,9-11H;4,6H,3H2,1-2H3;/q-1;;. The van der Waals surface area contributed by atoms with Crippen molar-refractivity contribution in [1.29, 1.82) is 0 Å². The maximum Gasteiger partial charge on any atom is 0.132 e. The van der Waals surface area contributed by atoms with E-state index in [1.54, 1.807) is 6.92 Å². The molecule has 0 amide bonds. The average Bonchev–Trinajstić information content (AvgIpc) is 2.54.